The molecule has 1 amide bonds. The van der Waals surface area contributed by atoms with Crippen LogP contribution in [-0.4, -0.2) is 34.6 Å². The predicted molar refractivity (Wildman–Crippen MR) is 101 cm³/mol. The van der Waals surface area contributed by atoms with Crippen molar-refractivity contribution in [2.24, 2.45) is 0 Å². The van der Waals surface area contributed by atoms with Gasteiger partial charge < -0.3 is 4.90 Å². The molecule has 0 radical (unpaired) electrons. The first-order valence-electron chi connectivity index (χ1n) is 7.84. The van der Waals surface area contributed by atoms with Crippen LogP contribution in [0.5, 0.6) is 0 Å². The Morgan fingerprint density at radius 2 is 1.87 bits per heavy atom. The van der Waals surface area contributed by atoms with Crippen LogP contribution in [0.1, 0.15) is 25.7 Å². The molecule has 0 bridgehead atoms. The summed E-state index contributed by atoms with van der Waals surface area (Å²) >= 11 is 6.61. The van der Waals surface area contributed by atoms with E-state index in [0.29, 0.717) is 5.75 Å². The first-order chi connectivity index (χ1) is 11.2. The van der Waals surface area contributed by atoms with E-state index in [0.717, 1.165) is 46.0 Å². The van der Waals surface area contributed by atoms with Crippen LogP contribution < -0.4 is 0 Å². The molecule has 3 rings (SSSR count). The summed E-state index contributed by atoms with van der Waals surface area (Å²) in [5, 5.41) is 2.06. The maximum absolute atomic E-state index is 12.3. The molecule has 1 aromatic heterocycles. The quantitative estimate of drug-likeness (QED) is 0.659. The van der Waals surface area contributed by atoms with Crippen LogP contribution in [0.2, 0.25) is 0 Å². The van der Waals surface area contributed by atoms with E-state index in [1.54, 1.807) is 23.1 Å². The van der Waals surface area contributed by atoms with Gasteiger partial charge in [-0.15, -0.1) is 11.3 Å². The number of carbonyl (C=O) groups is 1. The lowest BCUT2D eigenvalue weighted by Gasteiger charge is -2.19. The normalized spacial score (nSPS) is 15.4. The lowest BCUT2D eigenvalue weighted by molar-refractivity contribution is -0.128. The zero-order valence-corrected chi connectivity index (χ0v) is 16.1. The van der Waals surface area contributed by atoms with Crippen LogP contribution in [0.4, 0.5) is 0 Å². The molecule has 0 atom stereocenters. The van der Waals surface area contributed by atoms with Crippen molar-refractivity contribution in [3.8, 4) is 11.3 Å². The molecule has 2 heterocycles. The van der Waals surface area contributed by atoms with E-state index in [9.17, 15) is 4.79 Å². The van der Waals surface area contributed by atoms with E-state index >= 15 is 0 Å². The van der Waals surface area contributed by atoms with E-state index in [-0.39, 0.29) is 5.91 Å². The molecular formula is C17H19BrN2OS2. The Kier molecular flexibility index (Phi) is 6.14. The Morgan fingerprint density at radius 1 is 1.17 bits per heavy atom. The fourth-order valence-electron chi connectivity index (χ4n) is 2.61. The summed E-state index contributed by atoms with van der Waals surface area (Å²) in [6.07, 6.45) is 4.78. The minimum absolute atomic E-state index is 0.247. The molecule has 0 unspecified atom stereocenters. The zero-order chi connectivity index (χ0) is 16.1. The third-order valence-electron chi connectivity index (χ3n) is 3.90. The summed E-state index contributed by atoms with van der Waals surface area (Å²) in [7, 11) is 0. The predicted octanol–water partition coefficient (Wildman–Crippen LogP) is 5.07. The standard InChI is InChI=1S/C17H19BrN2OS2/c18-14-7-5-13(6-8-14)15-11-22-17(19-15)23-12-16(21)20-9-3-1-2-4-10-20/h5-8,11H,1-4,9-10,12H2. The average molecular weight is 411 g/mol. The van der Waals surface area contributed by atoms with Crippen LogP contribution in [0, 0.1) is 0 Å². The van der Waals surface area contributed by atoms with Crippen molar-refractivity contribution in [2.75, 3.05) is 18.8 Å². The van der Waals surface area contributed by atoms with Crippen molar-refractivity contribution < 1.29 is 4.79 Å². The molecule has 0 spiro atoms. The first kappa shape index (κ1) is 17.0. The maximum Gasteiger partial charge on any atom is 0.233 e. The lowest BCUT2D eigenvalue weighted by Crippen LogP contribution is -2.33. The van der Waals surface area contributed by atoms with Gasteiger partial charge in [0.25, 0.3) is 0 Å². The molecule has 0 N–H and O–H groups in total. The SMILES string of the molecule is O=C(CSc1nc(-c2ccc(Br)cc2)cs1)N1CCCCCC1. The number of likely N-dealkylation sites (tertiary alicyclic amines) is 1. The van der Waals surface area contributed by atoms with Gasteiger partial charge in [0.2, 0.25) is 5.91 Å². The molecule has 6 heteroatoms. The average Bonchev–Trinajstić information content (AvgIpc) is 2.86. The van der Waals surface area contributed by atoms with Crippen molar-refractivity contribution in [1.29, 1.82) is 0 Å². The van der Waals surface area contributed by atoms with Gasteiger partial charge in [-0.1, -0.05) is 52.7 Å². The zero-order valence-electron chi connectivity index (χ0n) is 12.8. The van der Waals surface area contributed by atoms with Crippen molar-refractivity contribution in [3.05, 3.63) is 34.1 Å². The summed E-state index contributed by atoms with van der Waals surface area (Å²) in [4.78, 5) is 19.0. The first-order valence-corrected chi connectivity index (χ1v) is 10.5. The van der Waals surface area contributed by atoms with E-state index < -0.39 is 0 Å². The summed E-state index contributed by atoms with van der Waals surface area (Å²) in [6.45, 7) is 1.84. The Hall–Kier alpha value is -0.850. The van der Waals surface area contributed by atoms with Gasteiger partial charge in [0.05, 0.1) is 11.4 Å². The van der Waals surface area contributed by atoms with Gasteiger partial charge in [-0.3, -0.25) is 4.79 Å². The minimum atomic E-state index is 0.247. The van der Waals surface area contributed by atoms with Crippen molar-refractivity contribution in [2.45, 2.75) is 30.0 Å². The topological polar surface area (TPSA) is 33.2 Å². The molecule has 122 valence electrons. The molecule has 0 saturated carbocycles. The van der Waals surface area contributed by atoms with E-state index in [1.807, 2.05) is 17.0 Å². The highest BCUT2D eigenvalue weighted by Gasteiger charge is 2.16. The second kappa shape index (κ2) is 8.31. The van der Waals surface area contributed by atoms with E-state index in [2.05, 4.69) is 38.4 Å². The Labute approximate surface area is 153 Å². The van der Waals surface area contributed by atoms with E-state index in [4.69, 9.17) is 0 Å². The number of carbonyl (C=O) groups excluding carboxylic acids is 1. The number of thioether (sulfide) groups is 1. The number of hydrogen-bond donors (Lipinski definition) is 0. The van der Waals surface area contributed by atoms with Gasteiger partial charge in [0, 0.05) is 28.5 Å². The van der Waals surface area contributed by atoms with Crippen molar-refractivity contribution in [3.63, 3.8) is 0 Å². The maximum atomic E-state index is 12.3. The number of rotatable bonds is 4. The van der Waals surface area contributed by atoms with Crippen LogP contribution in [0.25, 0.3) is 11.3 Å². The third-order valence-corrected chi connectivity index (χ3v) is 6.44. The molecule has 3 nitrogen and oxygen atoms in total. The number of benzene rings is 1. The summed E-state index contributed by atoms with van der Waals surface area (Å²) < 4.78 is 2.03. The largest absolute Gasteiger partial charge is 0.342 e. The number of aromatic nitrogens is 1. The highest BCUT2D eigenvalue weighted by atomic mass is 79.9. The Bertz CT molecular complexity index is 649. The third kappa shape index (κ3) is 4.81. The van der Waals surface area contributed by atoms with Crippen LogP contribution in [0.15, 0.2) is 38.5 Å². The fraction of sp³-hybridized carbons (Fsp3) is 0.412. The molecule has 1 aromatic carbocycles. The van der Waals surface area contributed by atoms with Crippen LogP contribution in [0.3, 0.4) is 0 Å². The van der Waals surface area contributed by atoms with Crippen LogP contribution in [-0.2, 0) is 4.79 Å². The Morgan fingerprint density at radius 3 is 2.57 bits per heavy atom. The Balaban J connectivity index is 1.56. The number of thiazole rings is 1. The number of hydrogen-bond acceptors (Lipinski definition) is 4. The van der Waals surface area contributed by atoms with E-state index in [1.165, 1.54) is 12.8 Å². The minimum Gasteiger partial charge on any atom is -0.342 e. The number of halogens is 1. The molecule has 23 heavy (non-hydrogen) atoms. The van der Waals surface area contributed by atoms with Crippen LogP contribution >= 0.6 is 39.0 Å². The lowest BCUT2D eigenvalue weighted by atomic mass is 10.2. The van der Waals surface area contributed by atoms with Gasteiger partial charge in [-0.05, 0) is 25.0 Å². The summed E-state index contributed by atoms with van der Waals surface area (Å²) in [6, 6.07) is 8.14. The number of amides is 1. The fourth-order valence-corrected chi connectivity index (χ4v) is 4.61. The molecule has 1 saturated heterocycles. The monoisotopic (exact) mass is 410 g/mol. The molecular weight excluding hydrogens is 392 g/mol. The number of nitrogens with zero attached hydrogens (tertiary/aromatic N) is 2. The van der Waals surface area contributed by atoms with Crippen molar-refractivity contribution in [1.82, 2.24) is 9.88 Å². The molecule has 0 aliphatic carbocycles. The molecule has 2 aromatic rings. The molecule has 1 aliphatic rings. The second-order valence-electron chi connectivity index (χ2n) is 5.59. The van der Waals surface area contributed by atoms with Gasteiger partial charge in [-0.2, -0.15) is 0 Å². The molecule has 1 aliphatic heterocycles. The highest BCUT2D eigenvalue weighted by molar-refractivity contribution is 9.10. The van der Waals surface area contributed by atoms with Gasteiger partial charge in [-0.25, -0.2) is 4.98 Å². The highest BCUT2D eigenvalue weighted by Crippen LogP contribution is 2.29. The van der Waals surface area contributed by atoms with Gasteiger partial charge in [0.15, 0.2) is 4.34 Å². The summed E-state index contributed by atoms with van der Waals surface area (Å²) in [5.41, 5.74) is 2.09. The summed E-state index contributed by atoms with van der Waals surface area (Å²) in [5.74, 6) is 0.741. The van der Waals surface area contributed by atoms with Gasteiger partial charge in [0.1, 0.15) is 0 Å². The smallest absolute Gasteiger partial charge is 0.233 e. The van der Waals surface area contributed by atoms with Gasteiger partial charge >= 0.3 is 0 Å². The second-order valence-corrected chi connectivity index (χ2v) is 8.59. The molecule has 1 fully saturated rings. The van der Waals surface area contributed by atoms with Crippen molar-refractivity contribution >= 4 is 44.9 Å².